The molecule has 0 bridgehead atoms. The smallest absolute Gasteiger partial charge is 0.326 e. The van der Waals surface area contributed by atoms with E-state index in [0.717, 1.165) is 0 Å². The minimum absolute atomic E-state index is 0.155. The quantitative estimate of drug-likeness (QED) is 0.829. The number of carbonyl (C=O) groups is 2. The maximum Gasteiger partial charge on any atom is 0.326 e. The molecule has 7 heteroatoms. The van der Waals surface area contributed by atoms with Gasteiger partial charge in [0.05, 0.1) is 10.6 Å². The molecule has 98 valence electrons. The number of hydrogen-bond donors (Lipinski definition) is 2. The zero-order valence-corrected chi connectivity index (χ0v) is 10.1. The summed E-state index contributed by atoms with van der Waals surface area (Å²) >= 11 is 5.59. The van der Waals surface area contributed by atoms with Gasteiger partial charge in [-0.05, 0) is 18.6 Å². The van der Waals surface area contributed by atoms with Gasteiger partial charge in [-0.1, -0.05) is 18.5 Å². The molecule has 0 aliphatic rings. The average Bonchev–Trinajstić information content (AvgIpc) is 2.29. The van der Waals surface area contributed by atoms with Crippen LogP contribution in [0.3, 0.4) is 0 Å². The summed E-state index contributed by atoms with van der Waals surface area (Å²) in [5, 5.41) is 10.6. The Bertz CT molecular complexity index is 493. The van der Waals surface area contributed by atoms with Crippen molar-refractivity contribution in [2.24, 2.45) is 0 Å². The Labute approximate surface area is 107 Å². The largest absolute Gasteiger partial charge is 0.480 e. The zero-order valence-electron chi connectivity index (χ0n) is 9.34. The van der Waals surface area contributed by atoms with Gasteiger partial charge in [0.2, 0.25) is 0 Å². The van der Waals surface area contributed by atoms with Crippen molar-refractivity contribution in [3.8, 4) is 0 Å². The van der Waals surface area contributed by atoms with Gasteiger partial charge >= 0.3 is 5.97 Å². The molecule has 18 heavy (non-hydrogen) atoms. The fourth-order valence-electron chi connectivity index (χ4n) is 1.27. The second-order valence-corrected chi connectivity index (χ2v) is 3.93. The summed E-state index contributed by atoms with van der Waals surface area (Å²) in [6.07, 6.45) is 0.155. The Hall–Kier alpha value is -1.69. The molecule has 0 saturated carbocycles. The molecule has 1 amide bonds. The number of nitrogens with one attached hydrogen (secondary N) is 1. The number of carboxylic acid groups (broad SMARTS) is 1. The number of hydrogen-bond acceptors (Lipinski definition) is 2. The fraction of sp³-hybridized carbons (Fsp3) is 0.273. The number of amides is 1. The van der Waals surface area contributed by atoms with E-state index >= 15 is 0 Å². The maximum absolute atomic E-state index is 13.0. The van der Waals surface area contributed by atoms with E-state index < -0.39 is 29.6 Å². The number of carboxylic acids is 1. The molecule has 1 unspecified atom stereocenters. The van der Waals surface area contributed by atoms with Crippen LogP contribution in [0.4, 0.5) is 8.78 Å². The molecule has 0 fully saturated rings. The first kappa shape index (κ1) is 14.4. The van der Waals surface area contributed by atoms with Crippen LogP contribution >= 0.6 is 11.6 Å². The summed E-state index contributed by atoms with van der Waals surface area (Å²) in [5.41, 5.74) is -0.310. The standard InChI is InChI=1S/C11H10ClF2NO3/c1-2-9(11(17)18)15-10(16)5-3-7(13)8(14)4-6(5)12/h3-4,9H,2H2,1H3,(H,15,16)(H,17,18). The first-order chi connectivity index (χ1) is 8.36. The lowest BCUT2D eigenvalue weighted by molar-refractivity contribution is -0.139. The third kappa shape index (κ3) is 3.16. The Morgan fingerprint density at radius 1 is 1.39 bits per heavy atom. The summed E-state index contributed by atoms with van der Waals surface area (Å²) in [7, 11) is 0. The van der Waals surface area contributed by atoms with Gasteiger partial charge in [0.15, 0.2) is 11.6 Å². The summed E-state index contributed by atoms with van der Waals surface area (Å²) in [4.78, 5) is 22.4. The van der Waals surface area contributed by atoms with Gasteiger partial charge in [0, 0.05) is 0 Å². The van der Waals surface area contributed by atoms with Crippen molar-refractivity contribution in [2.75, 3.05) is 0 Å². The molecule has 0 saturated heterocycles. The molecular formula is C11H10ClF2NO3. The van der Waals surface area contributed by atoms with E-state index in [1.54, 1.807) is 6.92 Å². The highest BCUT2D eigenvalue weighted by atomic mass is 35.5. The van der Waals surface area contributed by atoms with Crippen LogP contribution in [0.5, 0.6) is 0 Å². The number of rotatable bonds is 4. The molecule has 0 aliphatic heterocycles. The molecule has 1 atom stereocenters. The lowest BCUT2D eigenvalue weighted by Crippen LogP contribution is -2.40. The van der Waals surface area contributed by atoms with Gasteiger partial charge in [0.25, 0.3) is 5.91 Å². The topological polar surface area (TPSA) is 66.4 Å². The van der Waals surface area contributed by atoms with Crippen molar-refractivity contribution in [3.63, 3.8) is 0 Å². The highest BCUT2D eigenvalue weighted by molar-refractivity contribution is 6.33. The summed E-state index contributed by atoms with van der Waals surface area (Å²) in [5.74, 6) is -4.49. The van der Waals surface area contributed by atoms with Crippen LogP contribution < -0.4 is 5.32 Å². The van der Waals surface area contributed by atoms with Crippen LogP contribution in [-0.4, -0.2) is 23.0 Å². The number of benzene rings is 1. The molecule has 4 nitrogen and oxygen atoms in total. The van der Waals surface area contributed by atoms with Gasteiger partial charge in [-0.15, -0.1) is 0 Å². The minimum Gasteiger partial charge on any atom is -0.480 e. The van der Waals surface area contributed by atoms with Crippen LogP contribution in [0.1, 0.15) is 23.7 Å². The Kier molecular flexibility index (Phi) is 4.61. The van der Waals surface area contributed by atoms with E-state index in [1.807, 2.05) is 0 Å². The lowest BCUT2D eigenvalue weighted by atomic mass is 10.1. The SMILES string of the molecule is CCC(NC(=O)c1cc(F)c(F)cc1Cl)C(=O)O. The summed E-state index contributed by atoms with van der Waals surface area (Å²) in [6.45, 7) is 1.56. The van der Waals surface area contributed by atoms with Crippen molar-refractivity contribution < 1.29 is 23.5 Å². The second-order valence-electron chi connectivity index (χ2n) is 3.52. The normalized spacial score (nSPS) is 12.0. The number of aliphatic carboxylic acids is 1. The Morgan fingerprint density at radius 2 is 1.94 bits per heavy atom. The fourth-order valence-corrected chi connectivity index (χ4v) is 1.51. The van der Waals surface area contributed by atoms with E-state index in [2.05, 4.69) is 5.32 Å². The van der Waals surface area contributed by atoms with Gasteiger partial charge in [-0.2, -0.15) is 0 Å². The third-order valence-electron chi connectivity index (χ3n) is 2.27. The first-order valence-electron chi connectivity index (χ1n) is 5.05. The lowest BCUT2D eigenvalue weighted by Gasteiger charge is -2.13. The molecule has 2 N–H and O–H groups in total. The molecule has 0 aromatic heterocycles. The van der Waals surface area contributed by atoms with Crippen molar-refractivity contribution in [1.29, 1.82) is 0 Å². The second kappa shape index (κ2) is 5.77. The predicted molar refractivity (Wildman–Crippen MR) is 60.5 cm³/mol. The van der Waals surface area contributed by atoms with E-state index in [1.165, 1.54) is 0 Å². The molecule has 0 radical (unpaired) electrons. The van der Waals surface area contributed by atoms with E-state index in [9.17, 15) is 18.4 Å². The van der Waals surface area contributed by atoms with Gasteiger partial charge in [0.1, 0.15) is 6.04 Å². The van der Waals surface area contributed by atoms with E-state index in [0.29, 0.717) is 12.1 Å². The van der Waals surface area contributed by atoms with Gasteiger partial charge in [-0.25, -0.2) is 13.6 Å². The van der Waals surface area contributed by atoms with Crippen LogP contribution in [-0.2, 0) is 4.79 Å². The highest BCUT2D eigenvalue weighted by Crippen LogP contribution is 2.20. The van der Waals surface area contributed by atoms with Crippen LogP contribution in [0.2, 0.25) is 5.02 Å². The van der Waals surface area contributed by atoms with E-state index in [4.69, 9.17) is 16.7 Å². The summed E-state index contributed by atoms with van der Waals surface area (Å²) < 4.78 is 25.8. The molecular weight excluding hydrogens is 268 g/mol. The first-order valence-corrected chi connectivity index (χ1v) is 5.42. The van der Waals surface area contributed by atoms with Gasteiger partial charge in [-0.3, -0.25) is 4.79 Å². The molecule has 1 aromatic carbocycles. The Morgan fingerprint density at radius 3 is 2.44 bits per heavy atom. The van der Waals surface area contributed by atoms with Crippen molar-refractivity contribution in [3.05, 3.63) is 34.4 Å². The summed E-state index contributed by atoms with van der Waals surface area (Å²) in [6, 6.07) is 0.177. The molecule has 1 rings (SSSR count). The van der Waals surface area contributed by atoms with E-state index in [-0.39, 0.29) is 17.0 Å². The highest BCUT2D eigenvalue weighted by Gasteiger charge is 2.21. The molecule has 0 spiro atoms. The molecule has 0 aliphatic carbocycles. The predicted octanol–water partition coefficient (Wildman–Crippen LogP) is 2.21. The van der Waals surface area contributed by atoms with Crippen molar-refractivity contribution >= 4 is 23.5 Å². The van der Waals surface area contributed by atoms with Crippen LogP contribution in [0.25, 0.3) is 0 Å². The van der Waals surface area contributed by atoms with Crippen LogP contribution in [0.15, 0.2) is 12.1 Å². The minimum atomic E-state index is -1.23. The van der Waals surface area contributed by atoms with Crippen molar-refractivity contribution in [1.82, 2.24) is 5.32 Å². The monoisotopic (exact) mass is 277 g/mol. The molecule has 0 heterocycles. The number of halogens is 3. The molecule has 1 aromatic rings. The average molecular weight is 278 g/mol. The van der Waals surface area contributed by atoms with Crippen molar-refractivity contribution in [2.45, 2.75) is 19.4 Å². The maximum atomic E-state index is 13.0. The number of carbonyl (C=O) groups excluding carboxylic acids is 1. The van der Waals surface area contributed by atoms with Gasteiger partial charge < -0.3 is 10.4 Å². The zero-order chi connectivity index (χ0) is 13.9. The van der Waals surface area contributed by atoms with Crippen LogP contribution in [0, 0.1) is 11.6 Å². The third-order valence-corrected chi connectivity index (χ3v) is 2.58. The Balaban J connectivity index is 2.97.